The van der Waals surface area contributed by atoms with Crippen LogP contribution in [0.25, 0.3) is 5.57 Å². The summed E-state index contributed by atoms with van der Waals surface area (Å²) < 4.78 is 19.3. The Balaban J connectivity index is 2.14. The largest absolute Gasteiger partial charge is 0.444 e. The van der Waals surface area contributed by atoms with Gasteiger partial charge in [-0.05, 0) is 81.3 Å². The molecule has 0 aliphatic carbocycles. The van der Waals surface area contributed by atoms with Crippen LogP contribution in [0.5, 0.6) is 0 Å². The average molecular weight is 411 g/mol. The second kappa shape index (κ2) is 9.82. The van der Waals surface area contributed by atoms with E-state index in [1.165, 1.54) is 31.5 Å². The third-order valence-corrected chi connectivity index (χ3v) is 3.93. The van der Waals surface area contributed by atoms with Crippen LogP contribution in [0.1, 0.15) is 49.2 Å². The number of carbonyl (C=O) groups excluding carboxylic acids is 2. The SMILES string of the molecule is CC(=O)c1ccc(N=CC(=CN)c2cc(F)cc(CNC(=O)OC(C)(C)C)c2)cc1. The Morgan fingerprint density at radius 3 is 2.37 bits per heavy atom. The Bertz CT molecular complexity index is 974. The number of rotatable bonds is 6. The zero-order valence-electron chi connectivity index (χ0n) is 17.5. The third-order valence-electron chi connectivity index (χ3n) is 3.93. The number of alkyl carbamates (subject to hydrolysis) is 1. The van der Waals surface area contributed by atoms with E-state index in [0.717, 1.165) is 0 Å². The molecule has 30 heavy (non-hydrogen) atoms. The van der Waals surface area contributed by atoms with E-state index in [4.69, 9.17) is 10.5 Å². The summed E-state index contributed by atoms with van der Waals surface area (Å²) >= 11 is 0. The fraction of sp³-hybridized carbons (Fsp3) is 0.261. The van der Waals surface area contributed by atoms with Crippen molar-refractivity contribution < 1.29 is 18.7 Å². The van der Waals surface area contributed by atoms with Crippen molar-refractivity contribution in [2.24, 2.45) is 10.7 Å². The molecule has 0 spiro atoms. The highest BCUT2D eigenvalue weighted by Crippen LogP contribution is 2.19. The standard InChI is InChI=1S/C23H26FN3O3/c1-15(28)17-5-7-21(8-6-17)26-14-19(12-25)18-9-16(10-20(24)11-18)13-27-22(29)30-23(2,3)4/h5-12,14H,13,25H2,1-4H3,(H,27,29). The second-order valence-corrected chi connectivity index (χ2v) is 7.69. The number of Topliss-reactive ketones (excluding diaryl/α,β-unsaturated/α-hetero) is 1. The fourth-order valence-corrected chi connectivity index (χ4v) is 2.55. The van der Waals surface area contributed by atoms with E-state index >= 15 is 0 Å². The number of ether oxygens (including phenoxy) is 1. The Kier molecular flexibility index (Phi) is 7.47. The van der Waals surface area contributed by atoms with Crippen molar-refractivity contribution in [1.82, 2.24) is 5.32 Å². The Hall–Kier alpha value is -3.48. The van der Waals surface area contributed by atoms with Crippen molar-refractivity contribution in [1.29, 1.82) is 0 Å². The summed E-state index contributed by atoms with van der Waals surface area (Å²) in [6.45, 7) is 6.88. The number of aliphatic imine (C=N–C) groups is 1. The summed E-state index contributed by atoms with van der Waals surface area (Å²) in [5.41, 5.74) is 7.89. The number of nitrogens with zero attached hydrogens (tertiary/aromatic N) is 1. The predicted molar refractivity (Wildman–Crippen MR) is 116 cm³/mol. The molecule has 0 aromatic heterocycles. The summed E-state index contributed by atoms with van der Waals surface area (Å²) in [6.07, 6.45) is 2.26. The number of hydrogen-bond donors (Lipinski definition) is 2. The minimum Gasteiger partial charge on any atom is -0.444 e. The monoisotopic (exact) mass is 411 g/mol. The van der Waals surface area contributed by atoms with Crippen LogP contribution in [0, 0.1) is 5.82 Å². The van der Waals surface area contributed by atoms with Gasteiger partial charge in [0.25, 0.3) is 0 Å². The maximum atomic E-state index is 14.1. The van der Waals surface area contributed by atoms with E-state index in [9.17, 15) is 14.0 Å². The van der Waals surface area contributed by atoms with Crippen LogP contribution in [0.15, 0.2) is 53.7 Å². The van der Waals surface area contributed by atoms with Gasteiger partial charge in [-0.3, -0.25) is 9.79 Å². The fourth-order valence-electron chi connectivity index (χ4n) is 2.55. The lowest BCUT2D eigenvalue weighted by Gasteiger charge is -2.19. The van der Waals surface area contributed by atoms with Crippen molar-refractivity contribution in [2.75, 3.05) is 0 Å². The van der Waals surface area contributed by atoms with Crippen molar-refractivity contribution in [3.63, 3.8) is 0 Å². The van der Waals surface area contributed by atoms with E-state index in [-0.39, 0.29) is 12.3 Å². The van der Waals surface area contributed by atoms with E-state index < -0.39 is 17.5 Å². The molecule has 0 aliphatic rings. The van der Waals surface area contributed by atoms with Crippen molar-refractivity contribution in [3.05, 3.63) is 71.2 Å². The zero-order chi connectivity index (χ0) is 22.3. The number of hydrogen-bond acceptors (Lipinski definition) is 5. The van der Waals surface area contributed by atoms with Gasteiger partial charge < -0.3 is 15.8 Å². The molecule has 2 aromatic carbocycles. The molecule has 0 heterocycles. The molecule has 0 aliphatic heterocycles. The van der Waals surface area contributed by atoms with Gasteiger partial charge in [-0.2, -0.15) is 0 Å². The number of benzene rings is 2. The summed E-state index contributed by atoms with van der Waals surface area (Å²) in [4.78, 5) is 27.5. The molecule has 2 aromatic rings. The van der Waals surface area contributed by atoms with Crippen LogP contribution in [0.2, 0.25) is 0 Å². The van der Waals surface area contributed by atoms with Crippen molar-refractivity contribution in [2.45, 2.75) is 39.8 Å². The number of halogens is 1. The minimum absolute atomic E-state index is 0.0275. The van der Waals surface area contributed by atoms with Gasteiger partial charge in [0.15, 0.2) is 5.78 Å². The molecular weight excluding hydrogens is 385 g/mol. The van der Waals surface area contributed by atoms with Crippen LogP contribution in [-0.4, -0.2) is 23.7 Å². The summed E-state index contributed by atoms with van der Waals surface area (Å²) in [5, 5.41) is 2.60. The molecular formula is C23H26FN3O3. The molecule has 2 rings (SSSR count). The number of ketones is 1. The molecule has 6 nitrogen and oxygen atoms in total. The van der Waals surface area contributed by atoms with Crippen LogP contribution >= 0.6 is 0 Å². The molecule has 0 bridgehead atoms. The van der Waals surface area contributed by atoms with Gasteiger partial charge in [0.2, 0.25) is 0 Å². The molecule has 0 unspecified atom stereocenters. The number of nitrogens with two attached hydrogens (primary N) is 1. The first-order chi connectivity index (χ1) is 14.1. The molecule has 158 valence electrons. The average Bonchev–Trinajstić information content (AvgIpc) is 2.65. The minimum atomic E-state index is -0.619. The lowest BCUT2D eigenvalue weighted by molar-refractivity contribution is 0.0523. The third kappa shape index (κ3) is 7.16. The van der Waals surface area contributed by atoms with Crippen LogP contribution < -0.4 is 11.1 Å². The second-order valence-electron chi connectivity index (χ2n) is 7.69. The summed E-state index contributed by atoms with van der Waals surface area (Å²) in [7, 11) is 0. The van der Waals surface area contributed by atoms with E-state index in [1.807, 2.05) is 0 Å². The van der Waals surface area contributed by atoms with Crippen LogP contribution in [0.3, 0.4) is 0 Å². The smallest absolute Gasteiger partial charge is 0.407 e. The zero-order valence-corrected chi connectivity index (χ0v) is 17.5. The Morgan fingerprint density at radius 2 is 1.80 bits per heavy atom. The van der Waals surface area contributed by atoms with Crippen molar-refractivity contribution in [3.8, 4) is 0 Å². The Labute approximate surface area is 175 Å². The molecule has 0 saturated carbocycles. The lowest BCUT2D eigenvalue weighted by atomic mass is 10.0. The van der Waals surface area contributed by atoms with Gasteiger partial charge in [-0.1, -0.05) is 0 Å². The highest BCUT2D eigenvalue weighted by molar-refractivity contribution is 6.10. The number of nitrogens with one attached hydrogen (secondary N) is 1. The topological polar surface area (TPSA) is 93.8 Å². The molecule has 3 N–H and O–H groups in total. The van der Waals surface area contributed by atoms with E-state index in [2.05, 4.69) is 10.3 Å². The Morgan fingerprint density at radius 1 is 1.13 bits per heavy atom. The molecule has 7 heteroatoms. The van der Waals surface area contributed by atoms with Crippen molar-refractivity contribution >= 4 is 29.4 Å². The first kappa shape index (κ1) is 22.8. The lowest BCUT2D eigenvalue weighted by Crippen LogP contribution is -2.32. The highest BCUT2D eigenvalue weighted by atomic mass is 19.1. The van der Waals surface area contributed by atoms with Gasteiger partial charge in [0.1, 0.15) is 11.4 Å². The highest BCUT2D eigenvalue weighted by Gasteiger charge is 2.16. The number of allylic oxidation sites excluding steroid dienone is 1. The molecule has 1 amide bonds. The summed E-state index contributed by atoms with van der Waals surface area (Å²) in [5.74, 6) is -0.493. The maximum absolute atomic E-state index is 14.1. The van der Waals surface area contributed by atoms with Crippen LogP contribution in [-0.2, 0) is 11.3 Å². The molecule has 0 saturated heterocycles. The predicted octanol–water partition coefficient (Wildman–Crippen LogP) is 4.76. The first-order valence-electron chi connectivity index (χ1n) is 9.41. The van der Waals surface area contributed by atoms with Gasteiger partial charge in [-0.15, -0.1) is 0 Å². The van der Waals surface area contributed by atoms with Gasteiger partial charge in [0.05, 0.1) is 5.69 Å². The van der Waals surface area contributed by atoms with Gasteiger partial charge in [-0.25, -0.2) is 9.18 Å². The molecule has 0 fully saturated rings. The van der Waals surface area contributed by atoms with E-state index in [1.54, 1.807) is 51.1 Å². The summed E-state index contributed by atoms with van der Waals surface area (Å²) in [6, 6.07) is 11.2. The first-order valence-corrected chi connectivity index (χ1v) is 9.41. The quantitative estimate of drug-likeness (QED) is 0.530. The molecule has 0 radical (unpaired) electrons. The number of amides is 1. The van der Waals surface area contributed by atoms with Crippen LogP contribution in [0.4, 0.5) is 14.9 Å². The maximum Gasteiger partial charge on any atom is 0.407 e. The van der Waals surface area contributed by atoms with E-state index in [0.29, 0.717) is 28.0 Å². The van der Waals surface area contributed by atoms with Gasteiger partial charge in [0, 0.05) is 30.1 Å². The number of carbonyl (C=O) groups is 2. The molecule has 0 atom stereocenters. The normalized spacial score (nSPS) is 12.1. The van der Waals surface area contributed by atoms with Gasteiger partial charge >= 0.3 is 6.09 Å².